The number of aryl methyl sites for hydroxylation is 1. The van der Waals surface area contributed by atoms with E-state index in [1.807, 2.05) is 31.2 Å². The first-order chi connectivity index (χ1) is 11.0. The molecular weight excluding hydrogens is 294 g/mol. The Balaban J connectivity index is 1.71. The van der Waals surface area contributed by atoms with E-state index in [-0.39, 0.29) is 12.4 Å². The third kappa shape index (κ3) is 5.47. The lowest BCUT2D eigenvalue weighted by Gasteiger charge is -2.07. The first-order valence-corrected chi connectivity index (χ1v) is 7.34. The Morgan fingerprint density at radius 1 is 1.04 bits per heavy atom. The molecule has 0 spiro atoms. The Kier molecular flexibility index (Phi) is 5.74. The van der Waals surface area contributed by atoms with Gasteiger partial charge >= 0.3 is 5.97 Å². The Hall–Kier alpha value is -2.82. The lowest BCUT2D eigenvalue weighted by Crippen LogP contribution is -2.12. The van der Waals surface area contributed by atoms with E-state index in [9.17, 15) is 9.59 Å². The molecule has 0 saturated heterocycles. The Morgan fingerprint density at radius 2 is 1.78 bits per heavy atom. The summed E-state index contributed by atoms with van der Waals surface area (Å²) in [4.78, 5) is 22.7. The second kappa shape index (κ2) is 7.98. The van der Waals surface area contributed by atoms with Crippen molar-refractivity contribution in [2.24, 2.45) is 5.73 Å². The van der Waals surface area contributed by atoms with Crippen LogP contribution < -0.4 is 15.2 Å². The number of amides is 1. The highest BCUT2D eigenvalue weighted by Gasteiger charge is 2.06. The van der Waals surface area contributed by atoms with Gasteiger partial charge in [0.2, 0.25) is 5.91 Å². The topological polar surface area (TPSA) is 78.6 Å². The highest BCUT2D eigenvalue weighted by molar-refractivity contribution is 5.92. The van der Waals surface area contributed by atoms with Crippen LogP contribution in [0, 0.1) is 6.92 Å². The van der Waals surface area contributed by atoms with Gasteiger partial charge in [0.25, 0.3) is 0 Å². The van der Waals surface area contributed by atoms with Crippen molar-refractivity contribution in [3.8, 4) is 11.5 Å². The number of benzene rings is 2. The van der Waals surface area contributed by atoms with Crippen molar-refractivity contribution in [1.29, 1.82) is 0 Å². The summed E-state index contributed by atoms with van der Waals surface area (Å²) in [6.45, 7) is 2.44. The van der Waals surface area contributed by atoms with Crippen molar-refractivity contribution in [1.82, 2.24) is 0 Å². The molecule has 0 aliphatic carbocycles. The Labute approximate surface area is 135 Å². The summed E-state index contributed by atoms with van der Waals surface area (Å²) >= 11 is 0. The molecule has 5 nitrogen and oxygen atoms in total. The van der Waals surface area contributed by atoms with E-state index in [1.54, 1.807) is 12.1 Å². The maximum absolute atomic E-state index is 11.7. The number of esters is 1. The van der Waals surface area contributed by atoms with Gasteiger partial charge in [0.15, 0.2) is 0 Å². The molecule has 2 N–H and O–H groups in total. The van der Waals surface area contributed by atoms with Crippen molar-refractivity contribution in [2.75, 3.05) is 6.61 Å². The number of ether oxygens (including phenoxy) is 2. The van der Waals surface area contributed by atoms with Crippen LogP contribution in [0.25, 0.3) is 0 Å². The van der Waals surface area contributed by atoms with Gasteiger partial charge in [-0.3, -0.25) is 9.59 Å². The second-order valence-electron chi connectivity index (χ2n) is 5.13. The van der Waals surface area contributed by atoms with E-state index in [1.165, 1.54) is 12.1 Å². The van der Waals surface area contributed by atoms with Crippen molar-refractivity contribution >= 4 is 11.9 Å². The number of hydrogen-bond donors (Lipinski definition) is 1. The van der Waals surface area contributed by atoms with Gasteiger partial charge in [-0.1, -0.05) is 12.1 Å². The molecule has 120 valence electrons. The molecule has 0 unspecified atom stereocenters. The van der Waals surface area contributed by atoms with Crippen molar-refractivity contribution < 1.29 is 19.1 Å². The zero-order chi connectivity index (χ0) is 16.7. The summed E-state index contributed by atoms with van der Waals surface area (Å²) in [5.74, 6) is 0.320. The minimum atomic E-state index is -0.517. The third-order valence-electron chi connectivity index (χ3n) is 3.15. The molecule has 0 heterocycles. The van der Waals surface area contributed by atoms with Crippen molar-refractivity contribution in [2.45, 2.75) is 19.8 Å². The van der Waals surface area contributed by atoms with Gasteiger partial charge in [-0.25, -0.2) is 0 Å². The number of hydrogen-bond acceptors (Lipinski definition) is 4. The summed E-state index contributed by atoms with van der Waals surface area (Å²) in [5.41, 5.74) is 6.64. The molecule has 0 bridgehead atoms. The van der Waals surface area contributed by atoms with Crippen LogP contribution >= 0.6 is 0 Å². The lowest BCUT2D eigenvalue weighted by atomic mass is 10.2. The molecule has 1 amide bonds. The Morgan fingerprint density at radius 3 is 2.43 bits per heavy atom. The summed E-state index contributed by atoms with van der Waals surface area (Å²) in [7, 11) is 0. The average molecular weight is 313 g/mol. The maximum atomic E-state index is 11.7. The fourth-order valence-electron chi connectivity index (χ4n) is 1.98. The maximum Gasteiger partial charge on any atom is 0.311 e. The molecule has 0 atom stereocenters. The van der Waals surface area contributed by atoms with Gasteiger partial charge in [0.1, 0.15) is 11.5 Å². The van der Waals surface area contributed by atoms with Crippen LogP contribution in [0.3, 0.4) is 0 Å². The van der Waals surface area contributed by atoms with Crippen LogP contribution in [0.2, 0.25) is 0 Å². The van der Waals surface area contributed by atoms with Gasteiger partial charge in [-0.2, -0.15) is 0 Å². The number of carbonyl (C=O) groups is 2. The molecule has 0 saturated carbocycles. The van der Waals surface area contributed by atoms with Gasteiger partial charge in [-0.15, -0.1) is 0 Å². The van der Waals surface area contributed by atoms with E-state index in [0.29, 0.717) is 24.3 Å². The monoisotopic (exact) mass is 313 g/mol. The van der Waals surface area contributed by atoms with Crippen LogP contribution in [-0.4, -0.2) is 18.5 Å². The van der Waals surface area contributed by atoms with Gasteiger partial charge in [0, 0.05) is 12.0 Å². The van der Waals surface area contributed by atoms with Crippen LogP contribution in [0.1, 0.15) is 28.8 Å². The summed E-state index contributed by atoms with van der Waals surface area (Å²) in [6.07, 6.45) is 0.815. The number of primary amides is 1. The lowest BCUT2D eigenvalue weighted by molar-refractivity contribution is -0.134. The average Bonchev–Trinajstić information content (AvgIpc) is 2.52. The van der Waals surface area contributed by atoms with Crippen molar-refractivity contribution in [3.05, 3.63) is 59.7 Å². The fraction of sp³-hybridized carbons (Fsp3) is 0.222. The molecule has 0 aliphatic rings. The minimum Gasteiger partial charge on any atom is -0.494 e. The molecule has 0 aromatic heterocycles. The number of rotatable bonds is 7. The van der Waals surface area contributed by atoms with E-state index >= 15 is 0 Å². The summed E-state index contributed by atoms with van der Waals surface area (Å²) < 4.78 is 10.7. The van der Waals surface area contributed by atoms with Crippen LogP contribution in [-0.2, 0) is 4.79 Å². The standard InChI is InChI=1S/C18H19NO4/c1-13-4-2-5-16(12-13)22-11-3-6-17(20)23-15-9-7-14(8-10-15)18(19)21/h2,4-5,7-10,12H,3,6,11H2,1H3,(H2,19,21). The number of nitrogens with two attached hydrogens (primary N) is 1. The molecule has 2 aromatic carbocycles. The summed E-state index contributed by atoms with van der Waals surface area (Å²) in [6, 6.07) is 13.9. The second-order valence-corrected chi connectivity index (χ2v) is 5.13. The quantitative estimate of drug-likeness (QED) is 0.484. The van der Waals surface area contributed by atoms with Crippen LogP contribution in [0.4, 0.5) is 0 Å². The molecule has 5 heteroatoms. The van der Waals surface area contributed by atoms with E-state index in [2.05, 4.69) is 0 Å². The minimum absolute atomic E-state index is 0.253. The normalized spacial score (nSPS) is 10.1. The van der Waals surface area contributed by atoms with E-state index in [0.717, 1.165) is 11.3 Å². The highest BCUT2D eigenvalue weighted by Crippen LogP contribution is 2.14. The zero-order valence-electron chi connectivity index (χ0n) is 13.0. The predicted molar refractivity (Wildman–Crippen MR) is 86.5 cm³/mol. The summed E-state index contributed by atoms with van der Waals surface area (Å²) in [5, 5.41) is 0. The molecule has 2 aromatic rings. The van der Waals surface area contributed by atoms with Crippen LogP contribution in [0.5, 0.6) is 11.5 Å². The zero-order valence-corrected chi connectivity index (χ0v) is 13.0. The van der Waals surface area contributed by atoms with E-state index < -0.39 is 5.91 Å². The Bertz CT molecular complexity index is 680. The van der Waals surface area contributed by atoms with Crippen molar-refractivity contribution in [3.63, 3.8) is 0 Å². The molecule has 0 fully saturated rings. The van der Waals surface area contributed by atoms with E-state index in [4.69, 9.17) is 15.2 Å². The highest BCUT2D eigenvalue weighted by atomic mass is 16.5. The third-order valence-corrected chi connectivity index (χ3v) is 3.15. The van der Waals surface area contributed by atoms with Gasteiger partial charge in [0.05, 0.1) is 6.61 Å². The first-order valence-electron chi connectivity index (χ1n) is 7.34. The molecule has 23 heavy (non-hydrogen) atoms. The fourth-order valence-corrected chi connectivity index (χ4v) is 1.98. The predicted octanol–water partition coefficient (Wildman–Crippen LogP) is 2.86. The molecular formula is C18H19NO4. The molecule has 2 rings (SSSR count). The smallest absolute Gasteiger partial charge is 0.311 e. The van der Waals surface area contributed by atoms with Crippen LogP contribution in [0.15, 0.2) is 48.5 Å². The SMILES string of the molecule is Cc1cccc(OCCCC(=O)Oc2ccc(C(N)=O)cc2)c1. The molecule has 0 radical (unpaired) electrons. The molecule has 0 aliphatic heterocycles. The number of carbonyl (C=O) groups excluding carboxylic acids is 2. The van der Waals surface area contributed by atoms with Gasteiger partial charge in [-0.05, 0) is 55.3 Å². The van der Waals surface area contributed by atoms with Gasteiger partial charge < -0.3 is 15.2 Å². The largest absolute Gasteiger partial charge is 0.494 e. The first kappa shape index (κ1) is 16.5.